The molecule has 0 radical (unpaired) electrons. The molecule has 8 heteroatoms. The summed E-state index contributed by atoms with van der Waals surface area (Å²) in [4.78, 5) is 51.2. The van der Waals surface area contributed by atoms with E-state index < -0.39 is 22.6 Å². The van der Waals surface area contributed by atoms with E-state index in [0.717, 1.165) is 28.3 Å². The Bertz CT molecular complexity index is 1210. The highest BCUT2D eigenvalue weighted by Crippen LogP contribution is 2.39. The minimum absolute atomic E-state index is 0.0000789. The number of non-ortho nitro benzene ring substituents is 1. The second-order valence-electron chi connectivity index (χ2n) is 6.66. The number of carbonyl (C=O) groups excluding carboxylic acids is 3. The molecule has 30 heavy (non-hydrogen) atoms. The molecular weight excluding hydrogens is 404 g/mol. The first-order valence-electron chi connectivity index (χ1n) is 8.92. The summed E-state index contributed by atoms with van der Waals surface area (Å²) in [6.45, 7) is 1.85. The Morgan fingerprint density at radius 1 is 0.967 bits per heavy atom. The van der Waals surface area contributed by atoms with Crippen LogP contribution in [0.25, 0.3) is 0 Å². The van der Waals surface area contributed by atoms with Gasteiger partial charge in [0, 0.05) is 27.5 Å². The number of hydrogen-bond donors (Lipinski definition) is 0. The first-order chi connectivity index (χ1) is 14.4. The Hall–Kier alpha value is -3.78. The monoisotopic (exact) mass is 418 g/mol. The number of fused-ring (bicyclic) bond motifs is 1. The zero-order chi connectivity index (χ0) is 21.4. The molecule has 3 aromatic carbocycles. The van der Waals surface area contributed by atoms with Crippen molar-refractivity contribution in [2.24, 2.45) is 0 Å². The van der Waals surface area contributed by atoms with Crippen molar-refractivity contribution in [1.82, 2.24) is 4.90 Å². The van der Waals surface area contributed by atoms with Crippen LogP contribution in [0.3, 0.4) is 0 Å². The van der Waals surface area contributed by atoms with Crippen LogP contribution in [-0.4, -0.2) is 27.5 Å². The van der Waals surface area contributed by atoms with Gasteiger partial charge in [0.2, 0.25) is 0 Å². The van der Waals surface area contributed by atoms with Gasteiger partial charge in [-0.05, 0) is 31.2 Å². The molecule has 3 aromatic rings. The second-order valence-corrected chi connectivity index (χ2v) is 7.77. The third-order valence-corrected chi connectivity index (χ3v) is 5.67. The van der Waals surface area contributed by atoms with E-state index in [4.69, 9.17) is 0 Å². The molecule has 0 saturated carbocycles. The summed E-state index contributed by atoms with van der Waals surface area (Å²) in [5, 5.41) is 11.4. The average molecular weight is 418 g/mol. The molecule has 0 saturated heterocycles. The number of rotatable bonds is 4. The molecular formula is C22H14N2O5S. The SMILES string of the molecule is Cc1ccc(C(=O)N2C(=O)c3cc([N+](=O)[O-])cc(Sc4ccccc4)c3C2=O)cc1. The van der Waals surface area contributed by atoms with E-state index in [1.807, 2.05) is 13.0 Å². The number of nitro benzene ring substituents is 1. The zero-order valence-corrected chi connectivity index (χ0v) is 16.5. The van der Waals surface area contributed by atoms with Crippen molar-refractivity contribution in [3.63, 3.8) is 0 Å². The summed E-state index contributed by atoms with van der Waals surface area (Å²) in [7, 11) is 0. The lowest BCUT2D eigenvalue weighted by Crippen LogP contribution is -2.36. The summed E-state index contributed by atoms with van der Waals surface area (Å²) in [5.41, 5.74) is 0.638. The molecule has 1 aliphatic rings. The molecule has 7 nitrogen and oxygen atoms in total. The van der Waals surface area contributed by atoms with Gasteiger partial charge in [-0.3, -0.25) is 24.5 Å². The number of aryl methyl sites for hydroxylation is 1. The maximum absolute atomic E-state index is 13.1. The van der Waals surface area contributed by atoms with E-state index in [9.17, 15) is 24.5 Å². The molecule has 1 heterocycles. The summed E-state index contributed by atoms with van der Waals surface area (Å²) in [5.74, 6) is -2.41. The first kappa shape index (κ1) is 19.5. The fourth-order valence-electron chi connectivity index (χ4n) is 3.13. The number of amides is 3. The lowest BCUT2D eigenvalue weighted by atomic mass is 10.1. The van der Waals surface area contributed by atoms with Crippen molar-refractivity contribution in [2.45, 2.75) is 16.7 Å². The van der Waals surface area contributed by atoms with Crippen LogP contribution in [0.1, 0.15) is 36.6 Å². The summed E-state index contributed by atoms with van der Waals surface area (Å²) >= 11 is 1.13. The van der Waals surface area contributed by atoms with Gasteiger partial charge in [0.1, 0.15) is 0 Å². The van der Waals surface area contributed by atoms with Crippen molar-refractivity contribution < 1.29 is 19.3 Å². The summed E-state index contributed by atoms with van der Waals surface area (Å²) in [6, 6.07) is 17.7. The normalized spacial score (nSPS) is 12.8. The van der Waals surface area contributed by atoms with E-state index in [1.165, 1.54) is 18.2 Å². The Kier molecular flexibility index (Phi) is 4.93. The Labute approximate surface area is 175 Å². The summed E-state index contributed by atoms with van der Waals surface area (Å²) in [6.07, 6.45) is 0. The topological polar surface area (TPSA) is 97.6 Å². The van der Waals surface area contributed by atoms with Gasteiger partial charge in [-0.2, -0.15) is 0 Å². The molecule has 0 bridgehead atoms. The fourth-order valence-corrected chi connectivity index (χ4v) is 4.15. The predicted molar refractivity (Wildman–Crippen MR) is 110 cm³/mol. The Morgan fingerprint density at radius 3 is 2.27 bits per heavy atom. The van der Waals surface area contributed by atoms with Crippen LogP contribution in [0.2, 0.25) is 0 Å². The quantitative estimate of drug-likeness (QED) is 0.352. The number of imide groups is 3. The van der Waals surface area contributed by atoms with Gasteiger partial charge in [0.15, 0.2) is 0 Å². The number of hydrogen-bond acceptors (Lipinski definition) is 6. The van der Waals surface area contributed by atoms with E-state index in [2.05, 4.69) is 0 Å². The van der Waals surface area contributed by atoms with Gasteiger partial charge in [-0.25, -0.2) is 4.90 Å². The number of carbonyl (C=O) groups is 3. The van der Waals surface area contributed by atoms with Crippen molar-refractivity contribution in [3.05, 3.63) is 99.1 Å². The molecule has 0 fully saturated rings. The lowest BCUT2D eigenvalue weighted by molar-refractivity contribution is -0.385. The van der Waals surface area contributed by atoms with Crippen molar-refractivity contribution >= 4 is 35.2 Å². The molecule has 148 valence electrons. The van der Waals surface area contributed by atoms with E-state index in [-0.39, 0.29) is 27.3 Å². The van der Waals surface area contributed by atoms with Crippen molar-refractivity contribution in [2.75, 3.05) is 0 Å². The molecule has 3 amide bonds. The van der Waals surface area contributed by atoms with Crippen LogP contribution in [0.15, 0.2) is 76.5 Å². The Morgan fingerprint density at radius 2 is 1.63 bits per heavy atom. The molecule has 0 N–H and O–H groups in total. The lowest BCUT2D eigenvalue weighted by Gasteiger charge is -2.12. The molecule has 1 aliphatic heterocycles. The first-order valence-corrected chi connectivity index (χ1v) is 9.73. The predicted octanol–water partition coefficient (Wildman–Crippen LogP) is 4.49. The number of nitro groups is 1. The van der Waals surface area contributed by atoms with Gasteiger partial charge >= 0.3 is 0 Å². The smallest absolute Gasteiger partial charge is 0.268 e. The highest BCUT2D eigenvalue weighted by molar-refractivity contribution is 7.99. The number of nitrogens with zero attached hydrogens (tertiary/aromatic N) is 2. The maximum atomic E-state index is 13.1. The second kappa shape index (κ2) is 7.57. The third-order valence-electron chi connectivity index (χ3n) is 4.62. The van der Waals surface area contributed by atoms with Crippen LogP contribution < -0.4 is 0 Å². The van der Waals surface area contributed by atoms with E-state index >= 15 is 0 Å². The summed E-state index contributed by atoms with van der Waals surface area (Å²) < 4.78 is 0. The van der Waals surface area contributed by atoms with Crippen LogP contribution in [0.5, 0.6) is 0 Å². The third kappa shape index (κ3) is 3.37. The molecule has 0 spiro atoms. The highest BCUT2D eigenvalue weighted by atomic mass is 32.2. The standard InChI is InChI=1S/C22H14N2O5S/c1-13-7-9-14(10-8-13)20(25)23-21(26)17-11-15(24(28)29)12-18(19(17)22(23)27)30-16-5-3-2-4-6-16/h2-12H,1H3. The molecule has 0 aromatic heterocycles. The van der Waals surface area contributed by atoms with Crippen LogP contribution in [0, 0.1) is 17.0 Å². The average Bonchev–Trinajstić information content (AvgIpc) is 2.99. The van der Waals surface area contributed by atoms with Gasteiger partial charge in [-0.1, -0.05) is 47.7 Å². The maximum Gasteiger partial charge on any atom is 0.271 e. The van der Waals surface area contributed by atoms with Crippen LogP contribution in [0.4, 0.5) is 5.69 Å². The van der Waals surface area contributed by atoms with Crippen molar-refractivity contribution in [3.8, 4) is 0 Å². The van der Waals surface area contributed by atoms with Gasteiger partial charge < -0.3 is 0 Å². The van der Waals surface area contributed by atoms with Crippen LogP contribution in [-0.2, 0) is 0 Å². The minimum Gasteiger partial charge on any atom is -0.268 e. The molecule has 0 atom stereocenters. The van der Waals surface area contributed by atoms with Gasteiger partial charge in [0.25, 0.3) is 23.4 Å². The molecule has 0 aliphatic carbocycles. The molecule has 4 rings (SSSR count). The van der Waals surface area contributed by atoms with Gasteiger partial charge in [-0.15, -0.1) is 0 Å². The van der Waals surface area contributed by atoms with Gasteiger partial charge in [0.05, 0.1) is 16.1 Å². The van der Waals surface area contributed by atoms with E-state index in [1.54, 1.807) is 36.4 Å². The Balaban J connectivity index is 1.80. The largest absolute Gasteiger partial charge is 0.271 e. The van der Waals surface area contributed by atoms with Crippen LogP contribution >= 0.6 is 11.8 Å². The highest BCUT2D eigenvalue weighted by Gasteiger charge is 2.43. The van der Waals surface area contributed by atoms with Crippen molar-refractivity contribution in [1.29, 1.82) is 0 Å². The number of benzene rings is 3. The molecule has 0 unspecified atom stereocenters. The minimum atomic E-state index is -0.862. The fraction of sp³-hybridized carbons (Fsp3) is 0.0455. The van der Waals surface area contributed by atoms with E-state index in [0.29, 0.717) is 4.90 Å². The zero-order valence-electron chi connectivity index (χ0n) is 15.7.